The predicted molar refractivity (Wildman–Crippen MR) is 116 cm³/mol. The van der Waals surface area contributed by atoms with Gasteiger partial charge in [0.05, 0.1) is 13.2 Å². The fourth-order valence-electron chi connectivity index (χ4n) is 4.22. The van der Waals surface area contributed by atoms with E-state index in [1.54, 1.807) is 19.9 Å². The van der Waals surface area contributed by atoms with Gasteiger partial charge in [-0.1, -0.05) is 24.3 Å². The van der Waals surface area contributed by atoms with Crippen LogP contribution in [0.2, 0.25) is 0 Å². The monoisotopic (exact) mass is 462 g/mol. The maximum atomic E-state index is 15.3. The van der Waals surface area contributed by atoms with Crippen LogP contribution < -0.4 is 9.47 Å². The molecule has 0 aliphatic heterocycles. The maximum Gasteiger partial charge on any atom is 0.171 e. The van der Waals surface area contributed by atoms with Gasteiger partial charge < -0.3 is 9.47 Å². The smallest absolute Gasteiger partial charge is 0.171 e. The molecule has 4 rings (SSSR count). The lowest BCUT2D eigenvalue weighted by Gasteiger charge is -2.28. The summed E-state index contributed by atoms with van der Waals surface area (Å²) < 4.78 is 84.5. The first kappa shape index (κ1) is 23.1. The molecule has 1 aliphatic rings. The summed E-state index contributed by atoms with van der Waals surface area (Å²) in [6.45, 7) is 3.89. The fourth-order valence-corrected chi connectivity index (χ4v) is 4.22. The molecule has 2 atom stereocenters. The Labute approximate surface area is 189 Å². The normalized spacial score (nSPS) is 16.8. The van der Waals surface area contributed by atoms with E-state index in [2.05, 4.69) is 0 Å². The average Bonchev–Trinajstić information content (AvgIpc) is 2.79. The summed E-state index contributed by atoms with van der Waals surface area (Å²) in [7, 11) is 0. The highest BCUT2D eigenvalue weighted by Gasteiger charge is 2.39. The Morgan fingerprint density at radius 3 is 1.91 bits per heavy atom. The van der Waals surface area contributed by atoms with Crippen LogP contribution in [0.1, 0.15) is 48.4 Å². The van der Waals surface area contributed by atoms with E-state index in [4.69, 9.17) is 9.47 Å². The molecule has 0 saturated carbocycles. The molecule has 2 nitrogen and oxygen atoms in total. The molecule has 0 fully saturated rings. The zero-order chi connectivity index (χ0) is 23.7. The van der Waals surface area contributed by atoms with Crippen molar-refractivity contribution in [1.29, 1.82) is 0 Å². The minimum atomic E-state index is -2.36. The molecule has 2 unspecified atom stereocenters. The van der Waals surface area contributed by atoms with E-state index in [0.29, 0.717) is 12.2 Å². The van der Waals surface area contributed by atoms with Crippen LogP contribution in [0.3, 0.4) is 0 Å². The third-order valence-corrected chi connectivity index (χ3v) is 5.78. The lowest BCUT2D eigenvalue weighted by atomic mass is 9.81. The largest absolute Gasteiger partial charge is 0.491 e. The second-order valence-electron chi connectivity index (χ2n) is 7.77. The van der Waals surface area contributed by atoms with E-state index in [1.807, 2.05) is 0 Å². The van der Waals surface area contributed by atoms with Crippen molar-refractivity contribution in [3.63, 3.8) is 0 Å². The third-order valence-electron chi connectivity index (χ3n) is 5.78. The Balaban J connectivity index is 1.66. The van der Waals surface area contributed by atoms with Crippen LogP contribution in [-0.2, 0) is 12.8 Å². The molecule has 0 spiro atoms. The van der Waals surface area contributed by atoms with Gasteiger partial charge in [-0.25, -0.2) is 22.0 Å². The first-order valence-electron chi connectivity index (χ1n) is 10.8. The van der Waals surface area contributed by atoms with E-state index < -0.39 is 40.9 Å². The number of rotatable bonds is 7. The van der Waals surface area contributed by atoms with Gasteiger partial charge >= 0.3 is 0 Å². The highest BCUT2D eigenvalue weighted by molar-refractivity contribution is 5.76. The zero-order valence-corrected chi connectivity index (χ0v) is 18.2. The van der Waals surface area contributed by atoms with Gasteiger partial charge in [0, 0.05) is 11.1 Å². The highest BCUT2D eigenvalue weighted by Crippen LogP contribution is 2.51. The number of halogens is 5. The van der Waals surface area contributed by atoms with Crippen molar-refractivity contribution in [2.75, 3.05) is 13.2 Å². The van der Waals surface area contributed by atoms with Gasteiger partial charge in [0.25, 0.3) is 0 Å². The van der Waals surface area contributed by atoms with Crippen LogP contribution in [0.15, 0.2) is 42.5 Å². The van der Waals surface area contributed by atoms with Crippen LogP contribution in [0.5, 0.6) is 11.5 Å². The van der Waals surface area contributed by atoms with Crippen LogP contribution in [0, 0.1) is 17.5 Å². The zero-order valence-electron chi connectivity index (χ0n) is 18.2. The Kier molecular flexibility index (Phi) is 6.58. The molecule has 3 aromatic rings. The average molecular weight is 462 g/mol. The van der Waals surface area contributed by atoms with Crippen molar-refractivity contribution in [2.45, 2.75) is 39.0 Å². The van der Waals surface area contributed by atoms with E-state index in [9.17, 15) is 13.2 Å². The van der Waals surface area contributed by atoms with Crippen LogP contribution in [0.4, 0.5) is 22.0 Å². The molecule has 33 heavy (non-hydrogen) atoms. The second-order valence-corrected chi connectivity index (χ2v) is 7.77. The topological polar surface area (TPSA) is 18.5 Å². The molecule has 174 valence electrons. The first-order chi connectivity index (χ1) is 15.9. The highest BCUT2D eigenvalue weighted by atomic mass is 19.2. The summed E-state index contributed by atoms with van der Waals surface area (Å²) in [4.78, 5) is 0. The number of aryl methyl sites for hydroxylation is 2. The van der Waals surface area contributed by atoms with Crippen molar-refractivity contribution in [3.05, 3.63) is 82.2 Å². The molecule has 0 amide bonds. The SMILES string of the molecule is CCOc1ccc(CCc2ccc3c(c2F)C(F)C(F)c2c-3ccc(OCC)c2F)cc1F. The van der Waals surface area contributed by atoms with Crippen molar-refractivity contribution in [1.82, 2.24) is 0 Å². The van der Waals surface area contributed by atoms with Crippen LogP contribution in [-0.4, -0.2) is 13.2 Å². The van der Waals surface area contributed by atoms with Gasteiger partial charge in [0.15, 0.2) is 35.5 Å². The van der Waals surface area contributed by atoms with Gasteiger partial charge in [-0.15, -0.1) is 0 Å². The van der Waals surface area contributed by atoms with E-state index in [-0.39, 0.29) is 47.6 Å². The lowest BCUT2D eigenvalue weighted by Crippen LogP contribution is -2.16. The molecule has 3 aromatic carbocycles. The molecule has 1 aliphatic carbocycles. The second kappa shape index (κ2) is 9.41. The van der Waals surface area contributed by atoms with Crippen molar-refractivity contribution in [2.24, 2.45) is 0 Å². The summed E-state index contributed by atoms with van der Waals surface area (Å²) in [5, 5.41) is 0. The molecule has 7 heteroatoms. The van der Waals surface area contributed by atoms with E-state index in [1.165, 1.54) is 36.4 Å². The number of benzene rings is 3. The number of hydrogen-bond acceptors (Lipinski definition) is 2. The summed E-state index contributed by atoms with van der Waals surface area (Å²) in [5.74, 6) is -2.40. The van der Waals surface area contributed by atoms with Gasteiger partial charge in [-0.2, -0.15) is 0 Å². The molecule has 0 saturated heterocycles. The minimum absolute atomic E-state index is 0.103. The lowest BCUT2D eigenvalue weighted by molar-refractivity contribution is 0.159. The Morgan fingerprint density at radius 1 is 0.697 bits per heavy atom. The van der Waals surface area contributed by atoms with Crippen molar-refractivity contribution < 1.29 is 31.4 Å². The molecule has 0 aromatic heterocycles. The minimum Gasteiger partial charge on any atom is -0.491 e. The summed E-state index contributed by atoms with van der Waals surface area (Å²) >= 11 is 0. The number of alkyl halides is 2. The Bertz CT molecular complexity index is 1180. The van der Waals surface area contributed by atoms with Gasteiger partial charge in [0.2, 0.25) is 0 Å². The summed E-state index contributed by atoms with van der Waals surface area (Å²) in [6, 6.07) is 10.2. The molecule has 0 N–H and O–H groups in total. The van der Waals surface area contributed by atoms with E-state index >= 15 is 8.78 Å². The van der Waals surface area contributed by atoms with Crippen molar-refractivity contribution >= 4 is 0 Å². The molecule has 0 bridgehead atoms. The molecular formula is C26H23F5O2. The fraction of sp³-hybridized carbons (Fsp3) is 0.308. The Hall–Kier alpha value is -3.09. The third kappa shape index (κ3) is 4.16. The van der Waals surface area contributed by atoms with Crippen LogP contribution >= 0.6 is 0 Å². The van der Waals surface area contributed by atoms with Gasteiger partial charge in [-0.05, 0) is 67.1 Å². The van der Waals surface area contributed by atoms with Crippen LogP contribution in [0.25, 0.3) is 11.1 Å². The quantitative estimate of drug-likeness (QED) is 0.341. The standard InChI is InChI=1S/C26H23F5O2/c1-3-32-19-11-6-14(13-18(19)27)5-7-15-8-9-16-17-10-12-20(33-4-2)24(29)22(17)26(31)25(30)21(16)23(15)28/h6,8-13,25-26H,3-5,7H2,1-2H3. The summed E-state index contributed by atoms with van der Waals surface area (Å²) in [5.41, 5.74) is 0.122. The van der Waals surface area contributed by atoms with Gasteiger partial charge in [0.1, 0.15) is 5.82 Å². The number of hydrogen-bond donors (Lipinski definition) is 0. The predicted octanol–water partition coefficient (Wildman–Crippen LogP) is 7.39. The van der Waals surface area contributed by atoms with E-state index in [0.717, 1.165) is 0 Å². The Morgan fingerprint density at radius 2 is 1.27 bits per heavy atom. The van der Waals surface area contributed by atoms with Gasteiger partial charge in [-0.3, -0.25) is 0 Å². The number of ether oxygens (including phenoxy) is 2. The molecule has 0 radical (unpaired) electrons. The molecular weight excluding hydrogens is 439 g/mol. The number of fused-ring (bicyclic) bond motifs is 3. The maximum absolute atomic E-state index is 15.3. The first-order valence-corrected chi connectivity index (χ1v) is 10.8. The van der Waals surface area contributed by atoms with Crippen molar-refractivity contribution in [3.8, 4) is 22.6 Å². The molecule has 0 heterocycles. The summed E-state index contributed by atoms with van der Waals surface area (Å²) in [6.07, 6.45) is -4.28.